The van der Waals surface area contributed by atoms with E-state index in [1.807, 2.05) is 11.8 Å². The Morgan fingerprint density at radius 2 is 2.29 bits per heavy atom. The number of nitrogens with one attached hydrogen (secondary N) is 1. The van der Waals surface area contributed by atoms with Crippen molar-refractivity contribution in [3.8, 4) is 0 Å². The molecule has 0 aliphatic heterocycles. The van der Waals surface area contributed by atoms with Crippen LogP contribution < -0.4 is 5.32 Å². The molecule has 0 aliphatic rings. The molecule has 4 nitrogen and oxygen atoms in total. The molecule has 0 aromatic heterocycles. The molecule has 17 heavy (non-hydrogen) atoms. The number of hydrogen-bond acceptors (Lipinski definition) is 4. The quantitative estimate of drug-likeness (QED) is 0.472. The second-order valence-electron chi connectivity index (χ2n) is 3.57. The van der Waals surface area contributed by atoms with Gasteiger partial charge in [0.15, 0.2) is 0 Å². The Kier molecular flexibility index (Phi) is 6.32. The maximum Gasteiger partial charge on any atom is 0.288 e. The Morgan fingerprint density at radius 1 is 1.53 bits per heavy atom. The zero-order valence-corrected chi connectivity index (χ0v) is 11.2. The maximum absolute atomic E-state index is 10.7. The largest absolute Gasteiger partial charge is 0.313 e. The molecule has 0 fully saturated rings. The minimum atomic E-state index is -0.459. The summed E-state index contributed by atoms with van der Waals surface area (Å²) in [4.78, 5) is 10.2. The highest BCUT2D eigenvalue weighted by Gasteiger charge is 2.12. The van der Waals surface area contributed by atoms with Crippen molar-refractivity contribution in [2.24, 2.45) is 0 Å². The van der Waals surface area contributed by atoms with Crippen LogP contribution >= 0.6 is 23.4 Å². The van der Waals surface area contributed by atoms with Crippen molar-refractivity contribution in [2.75, 3.05) is 18.6 Å². The average Bonchev–Trinajstić information content (AvgIpc) is 2.30. The van der Waals surface area contributed by atoms with Crippen molar-refractivity contribution < 1.29 is 4.92 Å². The predicted molar refractivity (Wildman–Crippen MR) is 72.8 cm³/mol. The number of nitrogens with zero attached hydrogens (tertiary/aromatic N) is 1. The van der Waals surface area contributed by atoms with Gasteiger partial charge in [0.05, 0.1) is 4.92 Å². The Hall–Kier alpha value is -0.780. The molecule has 0 spiro atoms. The van der Waals surface area contributed by atoms with Crippen molar-refractivity contribution in [1.29, 1.82) is 0 Å². The van der Waals surface area contributed by atoms with E-state index >= 15 is 0 Å². The number of nitro benzene ring substituents is 1. The molecule has 0 atom stereocenters. The van der Waals surface area contributed by atoms with Crippen molar-refractivity contribution in [3.63, 3.8) is 0 Å². The summed E-state index contributed by atoms with van der Waals surface area (Å²) in [6.45, 7) is 1.55. The Bertz CT molecular complexity index is 388. The zero-order valence-electron chi connectivity index (χ0n) is 9.61. The number of halogens is 1. The van der Waals surface area contributed by atoms with Crippen LogP contribution in [0.5, 0.6) is 0 Å². The van der Waals surface area contributed by atoms with E-state index in [0.29, 0.717) is 6.54 Å². The van der Waals surface area contributed by atoms with Gasteiger partial charge in [0.2, 0.25) is 0 Å². The van der Waals surface area contributed by atoms with Crippen LogP contribution in [-0.2, 0) is 6.54 Å². The molecule has 1 rings (SSSR count). The third kappa shape index (κ3) is 4.93. The van der Waals surface area contributed by atoms with Crippen molar-refractivity contribution >= 4 is 29.1 Å². The Morgan fingerprint density at radius 3 is 2.94 bits per heavy atom. The van der Waals surface area contributed by atoms with Gasteiger partial charge in [-0.3, -0.25) is 10.1 Å². The monoisotopic (exact) mass is 274 g/mol. The first-order chi connectivity index (χ1) is 8.15. The molecule has 0 saturated carbocycles. The van der Waals surface area contributed by atoms with E-state index in [1.54, 1.807) is 12.1 Å². The lowest BCUT2D eigenvalue weighted by molar-refractivity contribution is -0.384. The molecular formula is C11H15ClN2O2S. The fourth-order valence-corrected chi connectivity index (χ4v) is 2.00. The maximum atomic E-state index is 10.7. The molecule has 0 aliphatic carbocycles. The molecule has 0 bridgehead atoms. The first-order valence-electron chi connectivity index (χ1n) is 5.27. The summed E-state index contributed by atoms with van der Waals surface area (Å²) in [6, 6.07) is 4.89. The van der Waals surface area contributed by atoms with Crippen LogP contribution in [0.1, 0.15) is 12.0 Å². The van der Waals surface area contributed by atoms with Gasteiger partial charge < -0.3 is 5.32 Å². The summed E-state index contributed by atoms with van der Waals surface area (Å²) in [5, 5.41) is 14.1. The van der Waals surface area contributed by atoms with Crippen LogP contribution in [-0.4, -0.2) is 23.5 Å². The third-order valence-corrected chi connectivity index (χ3v) is 3.25. The van der Waals surface area contributed by atoms with Gasteiger partial charge in [-0.2, -0.15) is 11.8 Å². The lowest BCUT2D eigenvalue weighted by Gasteiger charge is -2.04. The fraction of sp³-hybridized carbons (Fsp3) is 0.455. The smallest absolute Gasteiger partial charge is 0.288 e. The minimum absolute atomic E-state index is 0.0323. The van der Waals surface area contributed by atoms with Crippen LogP contribution in [0.3, 0.4) is 0 Å². The fourth-order valence-electron chi connectivity index (χ4n) is 1.38. The molecule has 0 saturated heterocycles. The normalized spacial score (nSPS) is 10.5. The molecule has 0 unspecified atom stereocenters. The van der Waals surface area contributed by atoms with Crippen LogP contribution in [0.4, 0.5) is 5.69 Å². The number of nitro groups is 1. The van der Waals surface area contributed by atoms with Gasteiger partial charge in [0.25, 0.3) is 5.69 Å². The highest BCUT2D eigenvalue weighted by atomic mass is 35.5. The van der Waals surface area contributed by atoms with Crippen molar-refractivity contribution in [2.45, 2.75) is 13.0 Å². The molecular weight excluding hydrogens is 260 g/mol. The van der Waals surface area contributed by atoms with Gasteiger partial charge in [0.1, 0.15) is 5.02 Å². The molecule has 6 heteroatoms. The predicted octanol–water partition coefficient (Wildman–Crippen LogP) is 3.09. The number of rotatable bonds is 7. The average molecular weight is 275 g/mol. The van der Waals surface area contributed by atoms with Crippen molar-refractivity contribution in [1.82, 2.24) is 5.32 Å². The van der Waals surface area contributed by atoms with E-state index in [2.05, 4.69) is 11.6 Å². The summed E-state index contributed by atoms with van der Waals surface area (Å²) in [5.74, 6) is 1.12. The lowest BCUT2D eigenvalue weighted by Crippen LogP contribution is -2.15. The lowest BCUT2D eigenvalue weighted by atomic mass is 10.2. The molecule has 0 heterocycles. The van der Waals surface area contributed by atoms with E-state index in [1.165, 1.54) is 6.07 Å². The summed E-state index contributed by atoms with van der Waals surface area (Å²) >= 11 is 7.54. The second kappa shape index (κ2) is 7.53. The Balaban J connectivity index is 2.49. The van der Waals surface area contributed by atoms with E-state index in [9.17, 15) is 10.1 Å². The van der Waals surface area contributed by atoms with Crippen molar-refractivity contribution in [3.05, 3.63) is 38.9 Å². The first-order valence-corrected chi connectivity index (χ1v) is 7.05. The van der Waals surface area contributed by atoms with E-state index < -0.39 is 4.92 Å². The van der Waals surface area contributed by atoms with Gasteiger partial charge in [-0.1, -0.05) is 17.7 Å². The molecule has 0 amide bonds. The van der Waals surface area contributed by atoms with Crippen LogP contribution in [0, 0.1) is 10.1 Å². The summed E-state index contributed by atoms with van der Waals surface area (Å²) in [7, 11) is 0. The second-order valence-corrected chi connectivity index (χ2v) is 4.96. The number of hydrogen-bond donors (Lipinski definition) is 1. The van der Waals surface area contributed by atoms with Gasteiger partial charge in [-0.25, -0.2) is 0 Å². The first kappa shape index (κ1) is 14.3. The van der Waals surface area contributed by atoms with Gasteiger partial charge in [-0.15, -0.1) is 0 Å². The zero-order chi connectivity index (χ0) is 12.7. The molecule has 94 valence electrons. The highest BCUT2D eigenvalue weighted by Crippen LogP contribution is 2.24. The molecule has 1 aromatic rings. The van der Waals surface area contributed by atoms with E-state index in [-0.39, 0.29) is 10.7 Å². The van der Waals surface area contributed by atoms with E-state index in [4.69, 9.17) is 11.6 Å². The minimum Gasteiger partial charge on any atom is -0.313 e. The van der Waals surface area contributed by atoms with Gasteiger partial charge >= 0.3 is 0 Å². The third-order valence-electron chi connectivity index (χ3n) is 2.24. The SMILES string of the molecule is CSCCCNCc1ccc(Cl)c([N+](=O)[O-])c1. The Labute approximate surface area is 110 Å². The van der Waals surface area contributed by atoms with Gasteiger partial charge in [-0.05, 0) is 36.6 Å². The highest BCUT2D eigenvalue weighted by molar-refractivity contribution is 7.98. The van der Waals surface area contributed by atoms with Crippen LogP contribution in [0.2, 0.25) is 5.02 Å². The summed E-state index contributed by atoms with van der Waals surface area (Å²) in [5.41, 5.74) is 0.848. The standard InChI is InChI=1S/C11H15ClN2O2S/c1-17-6-2-5-13-8-9-3-4-10(12)11(7-9)14(15)16/h3-4,7,13H,2,5-6,8H2,1H3. The van der Waals surface area contributed by atoms with Crippen LogP contribution in [0.25, 0.3) is 0 Å². The molecule has 1 aromatic carbocycles. The summed E-state index contributed by atoms with van der Waals surface area (Å²) in [6.07, 6.45) is 3.17. The van der Waals surface area contributed by atoms with E-state index in [0.717, 1.165) is 24.3 Å². The van der Waals surface area contributed by atoms with Crippen LogP contribution in [0.15, 0.2) is 18.2 Å². The summed E-state index contributed by atoms with van der Waals surface area (Å²) < 4.78 is 0. The molecule has 1 N–H and O–H groups in total. The van der Waals surface area contributed by atoms with Gasteiger partial charge in [0, 0.05) is 12.6 Å². The molecule has 0 radical (unpaired) electrons. The topological polar surface area (TPSA) is 55.2 Å². The number of thioether (sulfide) groups is 1. The number of benzene rings is 1.